The fraction of sp³-hybridized carbons (Fsp3) is 0.389. The van der Waals surface area contributed by atoms with Gasteiger partial charge in [-0.1, -0.05) is 45.9 Å². The van der Waals surface area contributed by atoms with Crippen LogP contribution >= 0.6 is 0 Å². The van der Waals surface area contributed by atoms with Crippen LogP contribution in [0.25, 0.3) is 0 Å². The zero-order valence-corrected chi connectivity index (χ0v) is 13.6. The molecule has 4 heteroatoms. The van der Waals surface area contributed by atoms with E-state index in [1.54, 1.807) is 6.07 Å². The highest BCUT2D eigenvalue weighted by atomic mass is 16.3. The molecule has 1 heterocycles. The van der Waals surface area contributed by atoms with Gasteiger partial charge in [0.15, 0.2) is 0 Å². The van der Waals surface area contributed by atoms with E-state index in [2.05, 4.69) is 45.1 Å². The molecule has 4 nitrogen and oxygen atoms in total. The molecule has 2 rings (SSSR count). The molecular weight excluding hydrogens is 276 g/mol. The summed E-state index contributed by atoms with van der Waals surface area (Å²) in [6.45, 7) is 8.78. The average molecular weight is 300 g/mol. The van der Waals surface area contributed by atoms with E-state index in [-0.39, 0.29) is 12.5 Å². The first-order chi connectivity index (χ1) is 10.4. The van der Waals surface area contributed by atoms with Gasteiger partial charge in [0.25, 0.3) is 5.91 Å². The van der Waals surface area contributed by atoms with Crippen LogP contribution in [0.15, 0.2) is 34.9 Å². The van der Waals surface area contributed by atoms with Crippen LogP contribution in [0.4, 0.5) is 5.69 Å². The van der Waals surface area contributed by atoms with Crippen LogP contribution in [-0.2, 0) is 6.54 Å². The lowest BCUT2D eigenvalue weighted by Gasteiger charge is -2.19. The van der Waals surface area contributed by atoms with E-state index in [1.807, 2.05) is 6.07 Å². The van der Waals surface area contributed by atoms with Gasteiger partial charge in [-0.25, -0.2) is 0 Å². The second-order valence-electron chi connectivity index (χ2n) is 6.08. The molecule has 0 atom stereocenters. The molecule has 118 valence electrons. The summed E-state index contributed by atoms with van der Waals surface area (Å²) in [6, 6.07) is 7.85. The summed E-state index contributed by atoms with van der Waals surface area (Å²) >= 11 is 0. The van der Waals surface area contributed by atoms with Crippen molar-refractivity contribution in [3.63, 3.8) is 0 Å². The van der Waals surface area contributed by atoms with E-state index < -0.39 is 0 Å². The quantitative estimate of drug-likeness (QED) is 0.868. The van der Waals surface area contributed by atoms with Crippen LogP contribution in [0.2, 0.25) is 0 Å². The van der Waals surface area contributed by atoms with E-state index in [9.17, 15) is 4.79 Å². The third kappa shape index (κ3) is 3.39. The van der Waals surface area contributed by atoms with E-state index in [1.165, 1.54) is 6.26 Å². The third-order valence-electron chi connectivity index (χ3n) is 3.73. The summed E-state index contributed by atoms with van der Waals surface area (Å²) in [6.07, 6.45) is 1.45. The summed E-state index contributed by atoms with van der Waals surface area (Å²) in [4.78, 5) is 12.5. The molecule has 22 heavy (non-hydrogen) atoms. The van der Waals surface area contributed by atoms with Crippen LogP contribution in [0, 0.1) is 0 Å². The van der Waals surface area contributed by atoms with Crippen molar-refractivity contribution < 1.29 is 9.21 Å². The molecule has 0 spiro atoms. The molecule has 1 amide bonds. The van der Waals surface area contributed by atoms with Gasteiger partial charge in [-0.3, -0.25) is 4.79 Å². The van der Waals surface area contributed by atoms with Gasteiger partial charge in [-0.05, 0) is 29.0 Å². The monoisotopic (exact) mass is 300 g/mol. The maximum Gasteiger partial charge on any atom is 0.258 e. The van der Waals surface area contributed by atoms with Gasteiger partial charge in [0, 0.05) is 5.69 Å². The van der Waals surface area contributed by atoms with Crippen molar-refractivity contribution in [2.75, 3.05) is 5.32 Å². The van der Waals surface area contributed by atoms with E-state index in [0.29, 0.717) is 23.2 Å². The molecule has 0 aliphatic carbocycles. The van der Waals surface area contributed by atoms with Crippen LogP contribution < -0.4 is 11.1 Å². The number of hydrogen-bond acceptors (Lipinski definition) is 3. The van der Waals surface area contributed by atoms with Crippen molar-refractivity contribution >= 4 is 11.6 Å². The lowest BCUT2D eigenvalue weighted by molar-refractivity contribution is 0.102. The standard InChI is InChI=1S/C18H24N2O2/c1-11(2)15-6-5-7-16(12(3)4)17(15)20-18(21)13-8-14(9-19)22-10-13/h5-8,10-12H,9,19H2,1-4H3,(H,20,21). The Kier molecular flexibility index (Phi) is 5.03. The van der Waals surface area contributed by atoms with Crippen LogP contribution in [0.1, 0.15) is 66.8 Å². The molecule has 0 aliphatic rings. The van der Waals surface area contributed by atoms with Crippen molar-refractivity contribution in [1.29, 1.82) is 0 Å². The molecule has 2 aromatic rings. The van der Waals surface area contributed by atoms with Crippen molar-refractivity contribution in [3.05, 3.63) is 53.0 Å². The van der Waals surface area contributed by atoms with Gasteiger partial charge >= 0.3 is 0 Å². The summed E-state index contributed by atoms with van der Waals surface area (Å²) in [5, 5.41) is 3.06. The number of para-hydroxylation sites is 1. The average Bonchev–Trinajstić information content (AvgIpc) is 2.95. The van der Waals surface area contributed by atoms with Gasteiger partial charge in [-0.2, -0.15) is 0 Å². The summed E-state index contributed by atoms with van der Waals surface area (Å²) in [7, 11) is 0. The van der Waals surface area contributed by atoms with Crippen LogP contribution in [-0.4, -0.2) is 5.91 Å². The Morgan fingerprint density at radius 1 is 1.18 bits per heavy atom. The Balaban J connectivity index is 2.36. The molecule has 3 N–H and O–H groups in total. The Labute approximate surface area is 131 Å². The second-order valence-corrected chi connectivity index (χ2v) is 6.08. The predicted molar refractivity (Wildman–Crippen MR) is 89.2 cm³/mol. The minimum atomic E-state index is -0.168. The molecule has 1 aromatic heterocycles. The highest BCUT2D eigenvalue weighted by Gasteiger charge is 2.17. The Bertz CT molecular complexity index is 631. The van der Waals surface area contributed by atoms with Gasteiger partial charge in [0.05, 0.1) is 12.1 Å². The molecule has 0 saturated carbocycles. The number of furan rings is 1. The normalized spacial score (nSPS) is 11.2. The molecule has 0 bridgehead atoms. The number of amides is 1. The number of hydrogen-bond donors (Lipinski definition) is 2. The fourth-order valence-corrected chi connectivity index (χ4v) is 2.49. The zero-order valence-electron chi connectivity index (χ0n) is 13.6. The SMILES string of the molecule is CC(C)c1cccc(C(C)C)c1NC(=O)c1coc(CN)c1. The van der Waals surface area contributed by atoms with E-state index in [4.69, 9.17) is 10.2 Å². The van der Waals surface area contributed by atoms with Gasteiger partial charge in [0.2, 0.25) is 0 Å². The second kappa shape index (κ2) is 6.79. The minimum Gasteiger partial charge on any atom is -0.467 e. The van der Waals surface area contributed by atoms with Gasteiger partial charge in [-0.15, -0.1) is 0 Å². The molecular formula is C18H24N2O2. The molecule has 0 radical (unpaired) electrons. The van der Waals surface area contributed by atoms with Crippen molar-refractivity contribution in [2.24, 2.45) is 5.73 Å². The lowest BCUT2D eigenvalue weighted by Crippen LogP contribution is -2.15. The highest BCUT2D eigenvalue weighted by molar-refractivity contribution is 6.05. The topological polar surface area (TPSA) is 68.3 Å². The summed E-state index contributed by atoms with van der Waals surface area (Å²) < 4.78 is 5.24. The molecule has 0 unspecified atom stereocenters. The molecule has 0 aliphatic heterocycles. The third-order valence-corrected chi connectivity index (χ3v) is 3.73. The summed E-state index contributed by atoms with van der Waals surface area (Å²) in [5.74, 6) is 1.10. The Hall–Kier alpha value is -2.07. The largest absolute Gasteiger partial charge is 0.467 e. The number of carbonyl (C=O) groups excluding carboxylic acids is 1. The van der Waals surface area contributed by atoms with E-state index in [0.717, 1.165) is 16.8 Å². The first kappa shape index (κ1) is 16.3. The smallest absolute Gasteiger partial charge is 0.258 e. The Morgan fingerprint density at radius 2 is 1.77 bits per heavy atom. The number of nitrogens with one attached hydrogen (secondary N) is 1. The number of carbonyl (C=O) groups is 1. The van der Waals surface area contributed by atoms with Crippen molar-refractivity contribution in [1.82, 2.24) is 0 Å². The zero-order chi connectivity index (χ0) is 16.3. The molecule has 0 fully saturated rings. The number of rotatable bonds is 5. The van der Waals surface area contributed by atoms with Crippen LogP contribution in [0.5, 0.6) is 0 Å². The lowest BCUT2D eigenvalue weighted by atomic mass is 9.92. The predicted octanol–water partition coefficient (Wildman–Crippen LogP) is 4.24. The van der Waals surface area contributed by atoms with Crippen molar-refractivity contribution in [3.8, 4) is 0 Å². The maximum absolute atomic E-state index is 12.5. The minimum absolute atomic E-state index is 0.168. The summed E-state index contributed by atoms with van der Waals surface area (Å²) in [5.41, 5.74) is 9.20. The van der Waals surface area contributed by atoms with Gasteiger partial charge in [0.1, 0.15) is 12.0 Å². The van der Waals surface area contributed by atoms with Crippen LogP contribution in [0.3, 0.4) is 0 Å². The Morgan fingerprint density at radius 3 is 2.23 bits per heavy atom. The van der Waals surface area contributed by atoms with Crippen molar-refractivity contribution in [2.45, 2.75) is 46.1 Å². The first-order valence-electron chi connectivity index (χ1n) is 7.65. The number of nitrogens with two attached hydrogens (primary N) is 1. The van der Waals surface area contributed by atoms with Gasteiger partial charge < -0.3 is 15.5 Å². The number of benzene rings is 1. The molecule has 1 aromatic carbocycles. The number of anilines is 1. The highest BCUT2D eigenvalue weighted by Crippen LogP contribution is 2.32. The first-order valence-corrected chi connectivity index (χ1v) is 7.65. The fourth-order valence-electron chi connectivity index (χ4n) is 2.49. The molecule has 0 saturated heterocycles. The maximum atomic E-state index is 12.5. The van der Waals surface area contributed by atoms with E-state index >= 15 is 0 Å².